The van der Waals surface area contributed by atoms with Gasteiger partial charge in [0.1, 0.15) is 11.6 Å². The molecule has 0 saturated carbocycles. The first-order chi connectivity index (χ1) is 10.8. The van der Waals surface area contributed by atoms with Gasteiger partial charge in [-0.05, 0) is 34.7 Å². The van der Waals surface area contributed by atoms with E-state index in [1.165, 1.54) is 12.1 Å². The van der Waals surface area contributed by atoms with Gasteiger partial charge in [-0.25, -0.2) is 9.18 Å². The molecule has 0 radical (unpaired) electrons. The third-order valence-corrected chi connectivity index (χ3v) is 3.57. The summed E-state index contributed by atoms with van der Waals surface area (Å²) in [6.45, 7) is 6.14. The van der Waals surface area contributed by atoms with Crippen molar-refractivity contribution < 1.29 is 19.0 Å². The van der Waals surface area contributed by atoms with E-state index in [4.69, 9.17) is 4.74 Å². The van der Waals surface area contributed by atoms with Crippen LogP contribution in [0.4, 0.5) is 4.39 Å². The second-order valence-electron chi connectivity index (χ2n) is 6.52. The first-order valence-electron chi connectivity index (χ1n) is 7.51. The molecule has 122 valence electrons. The van der Waals surface area contributed by atoms with Gasteiger partial charge in [0.15, 0.2) is 6.10 Å². The van der Waals surface area contributed by atoms with Crippen molar-refractivity contribution in [3.05, 3.63) is 65.5 Å². The summed E-state index contributed by atoms with van der Waals surface area (Å²) < 4.78 is 18.7. The summed E-state index contributed by atoms with van der Waals surface area (Å²) in [5.74, 6) is -0.827. The fraction of sp³-hybridized carbons (Fsp3) is 0.316. The molecule has 0 amide bonds. The Morgan fingerprint density at radius 1 is 1.13 bits per heavy atom. The van der Waals surface area contributed by atoms with E-state index in [-0.39, 0.29) is 17.7 Å². The average molecular weight is 316 g/mol. The predicted octanol–water partition coefficient (Wildman–Crippen LogP) is 4.20. The molecular weight excluding hydrogens is 295 g/mol. The van der Waals surface area contributed by atoms with Crippen molar-refractivity contribution in [1.82, 2.24) is 0 Å². The van der Waals surface area contributed by atoms with Crippen LogP contribution >= 0.6 is 0 Å². The minimum atomic E-state index is -1.04. The SMILES string of the molecule is CC(C)(C)c1ccccc1O[C@H](Cc1ccc(F)cc1)C(=O)O. The molecule has 1 N–H and O–H groups in total. The van der Waals surface area contributed by atoms with Crippen LogP contribution in [0.25, 0.3) is 0 Å². The lowest BCUT2D eigenvalue weighted by Gasteiger charge is -2.24. The Bertz CT molecular complexity index is 672. The molecule has 0 unspecified atom stereocenters. The maximum absolute atomic E-state index is 13.0. The van der Waals surface area contributed by atoms with E-state index in [1.807, 2.05) is 39.0 Å². The molecular formula is C19H21FO3. The Kier molecular flexibility index (Phi) is 5.04. The van der Waals surface area contributed by atoms with Crippen LogP contribution in [0.1, 0.15) is 31.9 Å². The highest BCUT2D eigenvalue weighted by Crippen LogP contribution is 2.31. The second-order valence-corrected chi connectivity index (χ2v) is 6.52. The summed E-state index contributed by atoms with van der Waals surface area (Å²) in [6.07, 6.45) is -0.849. The van der Waals surface area contributed by atoms with Gasteiger partial charge in [-0.2, -0.15) is 0 Å². The van der Waals surface area contributed by atoms with Gasteiger partial charge in [0.05, 0.1) is 0 Å². The molecule has 0 aliphatic rings. The first-order valence-corrected chi connectivity index (χ1v) is 7.51. The Labute approximate surface area is 135 Å². The molecule has 0 aliphatic carbocycles. The van der Waals surface area contributed by atoms with E-state index >= 15 is 0 Å². The number of halogens is 1. The summed E-state index contributed by atoms with van der Waals surface area (Å²) in [6, 6.07) is 13.2. The van der Waals surface area contributed by atoms with Gasteiger partial charge in [-0.1, -0.05) is 51.1 Å². The molecule has 0 heterocycles. The number of carboxylic acid groups (broad SMARTS) is 1. The van der Waals surface area contributed by atoms with Crippen LogP contribution in [0.15, 0.2) is 48.5 Å². The minimum absolute atomic E-state index is 0.157. The molecule has 0 fully saturated rings. The number of hydrogen-bond acceptors (Lipinski definition) is 2. The van der Waals surface area contributed by atoms with Crippen LogP contribution in [0.3, 0.4) is 0 Å². The molecule has 2 rings (SSSR count). The highest BCUT2D eigenvalue weighted by atomic mass is 19.1. The number of para-hydroxylation sites is 1. The van der Waals surface area contributed by atoms with Crippen LogP contribution in [-0.2, 0) is 16.6 Å². The zero-order valence-electron chi connectivity index (χ0n) is 13.5. The van der Waals surface area contributed by atoms with Crippen molar-refractivity contribution in [2.24, 2.45) is 0 Å². The van der Waals surface area contributed by atoms with Crippen molar-refractivity contribution in [3.8, 4) is 5.75 Å². The number of hydrogen-bond donors (Lipinski definition) is 1. The molecule has 3 nitrogen and oxygen atoms in total. The maximum Gasteiger partial charge on any atom is 0.345 e. The van der Waals surface area contributed by atoms with Crippen molar-refractivity contribution in [2.45, 2.75) is 38.7 Å². The number of carbonyl (C=O) groups is 1. The molecule has 0 bridgehead atoms. The molecule has 23 heavy (non-hydrogen) atoms. The molecule has 0 aliphatic heterocycles. The lowest BCUT2D eigenvalue weighted by atomic mass is 9.86. The van der Waals surface area contributed by atoms with E-state index in [0.29, 0.717) is 11.3 Å². The molecule has 1 atom stereocenters. The monoisotopic (exact) mass is 316 g/mol. The number of carboxylic acids is 1. The van der Waals surface area contributed by atoms with E-state index in [1.54, 1.807) is 18.2 Å². The van der Waals surface area contributed by atoms with Crippen molar-refractivity contribution in [1.29, 1.82) is 0 Å². The van der Waals surface area contributed by atoms with Gasteiger partial charge in [0.2, 0.25) is 0 Å². The Morgan fingerprint density at radius 2 is 1.74 bits per heavy atom. The summed E-state index contributed by atoms with van der Waals surface area (Å²) in [7, 11) is 0. The topological polar surface area (TPSA) is 46.5 Å². The molecule has 0 spiro atoms. The summed E-state index contributed by atoms with van der Waals surface area (Å²) in [5.41, 5.74) is 1.51. The van der Waals surface area contributed by atoms with Gasteiger partial charge in [-0.3, -0.25) is 0 Å². The summed E-state index contributed by atoms with van der Waals surface area (Å²) in [5, 5.41) is 9.45. The largest absolute Gasteiger partial charge is 0.478 e. The van der Waals surface area contributed by atoms with Crippen LogP contribution in [0, 0.1) is 5.82 Å². The Hall–Kier alpha value is -2.36. The van der Waals surface area contributed by atoms with Gasteiger partial charge in [0, 0.05) is 6.42 Å². The Morgan fingerprint density at radius 3 is 2.30 bits per heavy atom. The molecule has 2 aromatic carbocycles. The predicted molar refractivity (Wildman–Crippen MR) is 87.3 cm³/mol. The van der Waals surface area contributed by atoms with E-state index in [9.17, 15) is 14.3 Å². The third-order valence-electron chi connectivity index (χ3n) is 3.57. The van der Waals surface area contributed by atoms with Crippen molar-refractivity contribution in [3.63, 3.8) is 0 Å². The molecule has 2 aromatic rings. The highest BCUT2D eigenvalue weighted by Gasteiger charge is 2.24. The van der Waals surface area contributed by atoms with Crippen molar-refractivity contribution >= 4 is 5.97 Å². The molecule has 0 saturated heterocycles. The minimum Gasteiger partial charge on any atom is -0.478 e. The van der Waals surface area contributed by atoms with Crippen LogP contribution in [0.2, 0.25) is 0 Å². The standard InChI is InChI=1S/C19H21FO3/c1-19(2,3)15-6-4-5-7-16(15)23-17(18(21)22)12-13-8-10-14(20)11-9-13/h4-11,17H,12H2,1-3H3,(H,21,22)/t17-/m1/s1. The number of ether oxygens (including phenoxy) is 1. The lowest BCUT2D eigenvalue weighted by Crippen LogP contribution is -2.30. The van der Waals surface area contributed by atoms with Crippen LogP contribution in [0.5, 0.6) is 5.75 Å². The van der Waals surface area contributed by atoms with Gasteiger partial charge >= 0.3 is 5.97 Å². The second kappa shape index (κ2) is 6.82. The number of rotatable bonds is 5. The van der Waals surface area contributed by atoms with E-state index < -0.39 is 12.1 Å². The fourth-order valence-corrected chi connectivity index (χ4v) is 2.36. The lowest BCUT2D eigenvalue weighted by molar-refractivity contribution is -0.145. The summed E-state index contributed by atoms with van der Waals surface area (Å²) in [4.78, 5) is 11.5. The maximum atomic E-state index is 13.0. The van der Waals surface area contributed by atoms with Crippen LogP contribution < -0.4 is 4.74 Å². The zero-order chi connectivity index (χ0) is 17.0. The quantitative estimate of drug-likeness (QED) is 0.899. The Balaban J connectivity index is 2.24. The zero-order valence-corrected chi connectivity index (χ0v) is 13.5. The normalized spacial score (nSPS) is 12.7. The van der Waals surface area contributed by atoms with Gasteiger partial charge in [0.25, 0.3) is 0 Å². The molecule has 4 heteroatoms. The fourth-order valence-electron chi connectivity index (χ4n) is 2.36. The first kappa shape index (κ1) is 17.0. The highest BCUT2D eigenvalue weighted by molar-refractivity contribution is 5.73. The van der Waals surface area contributed by atoms with E-state index in [0.717, 1.165) is 5.56 Å². The smallest absolute Gasteiger partial charge is 0.345 e. The molecule has 0 aromatic heterocycles. The van der Waals surface area contributed by atoms with Crippen molar-refractivity contribution in [2.75, 3.05) is 0 Å². The number of benzene rings is 2. The van der Waals surface area contributed by atoms with Gasteiger partial charge < -0.3 is 9.84 Å². The average Bonchev–Trinajstić information content (AvgIpc) is 2.48. The van der Waals surface area contributed by atoms with Crippen LogP contribution in [-0.4, -0.2) is 17.2 Å². The third kappa shape index (κ3) is 4.55. The van der Waals surface area contributed by atoms with Gasteiger partial charge in [-0.15, -0.1) is 0 Å². The summed E-state index contributed by atoms with van der Waals surface area (Å²) >= 11 is 0. The number of aliphatic carboxylic acids is 1. The van der Waals surface area contributed by atoms with E-state index in [2.05, 4.69) is 0 Å².